The van der Waals surface area contributed by atoms with Gasteiger partial charge in [-0.25, -0.2) is 9.97 Å². The predicted octanol–water partition coefficient (Wildman–Crippen LogP) is 2.22. The topological polar surface area (TPSA) is 71.3 Å². The lowest BCUT2D eigenvalue weighted by Gasteiger charge is -2.35. The Balaban J connectivity index is 1.23. The predicted molar refractivity (Wildman–Crippen MR) is 124 cm³/mol. The number of ether oxygens (including phenoxy) is 1. The van der Waals surface area contributed by atoms with Crippen molar-refractivity contribution in [3.05, 3.63) is 41.3 Å². The Morgan fingerprint density at radius 2 is 2.09 bits per heavy atom. The molecule has 0 unspecified atom stereocenters. The number of hydrogen-bond donors (Lipinski definition) is 1. The molecule has 3 aliphatic rings. The summed E-state index contributed by atoms with van der Waals surface area (Å²) in [6.45, 7) is 10.4. The maximum absolute atomic E-state index is 6.36. The van der Waals surface area contributed by atoms with Crippen molar-refractivity contribution in [3.63, 3.8) is 0 Å². The van der Waals surface area contributed by atoms with Crippen molar-refractivity contribution in [2.75, 3.05) is 37.6 Å². The molecule has 6 heterocycles. The standard InChI is InChI=1S/C24H31N7O/c1-15-12-31(22-6-16(2)28-24-21(22)11-27-29(24)3)13-17-9-26-23(8-20(15)17)32-19-7-18-10-25-4-5-30(18)14-19/h6,8-9,11,15,18-19,25H,4-5,7,10,12-14H2,1-3H3/t15-,18-,19+/m0/s1. The van der Waals surface area contributed by atoms with E-state index in [0.29, 0.717) is 12.0 Å². The quantitative estimate of drug-likeness (QED) is 0.679. The number of piperazine rings is 1. The minimum Gasteiger partial charge on any atom is -0.473 e. The second kappa shape index (κ2) is 7.71. The molecular formula is C24H31N7O. The maximum atomic E-state index is 6.36. The number of rotatable bonds is 3. The summed E-state index contributed by atoms with van der Waals surface area (Å²) in [6.07, 6.45) is 5.26. The molecule has 3 aliphatic heterocycles. The van der Waals surface area contributed by atoms with Gasteiger partial charge in [-0.05, 0) is 30.0 Å². The normalized spacial score (nSPS) is 25.7. The van der Waals surface area contributed by atoms with Crippen LogP contribution in [0.3, 0.4) is 0 Å². The van der Waals surface area contributed by atoms with Gasteiger partial charge in [0.25, 0.3) is 0 Å². The second-order valence-electron chi connectivity index (χ2n) is 9.62. The fourth-order valence-corrected chi connectivity index (χ4v) is 5.67. The fraction of sp³-hybridized carbons (Fsp3) is 0.542. The molecule has 168 valence electrons. The molecule has 0 radical (unpaired) electrons. The van der Waals surface area contributed by atoms with Crippen molar-refractivity contribution >= 4 is 16.7 Å². The van der Waals surface area contributed by atoms with Crippen LogP contribution in [0.1, 0.15) is 36.1 Å². The molecule has 6 rings (SSSR count). The van der Waals surface area contributed by atoms with E-state index in [1.54, 1.807) is 0 Å². The lowest BCUT2D eigenvalue weighted by atomic mass is 9.92. The van der Waals surface area contributed by atoms with Crippen molar-refractivity contribution < 1.29 is 4.74 Å². The summed E-state index contributed by atoms with van der Waals surface area (Å²) in [5.41, 5.74) is 5.78. The summed E-state index contributed by atoms with van der Waals surface area (Å²) in [7, 11) is 1.95. The van der Waals surface area contributed by atoms with Crippen LogP contribution in [-0.2, 0) is 13.6 Å². The summed E-state index contributed by atoms with van der Waals surface area (Å²) in [5.74, 6) is 1.17. The van der Waals surface area contributed by atoms with Crippen LogP contribution in [0.15, 0.2) is 24.5 Å². The van der Waals surface area contributed by atoms with Gasteiger partial charge in [-0.1, -0.05) is 6.92 Å². The van der Waals surface area contributed by atoms with Crippen LogP contribution in [0.4, 0.5) is 5.69 Å². The van der Waals surface area contributed by atoms with Gasteiger partial charge >= 0.3 is 0 Å². The third kappa shape index (κ3) is 3.42. The zero-order valence-electron chi connectivity index (χ0n) is 19.1. The van der Waals surface area contributed by atoms with Crippen LogP contribution < -0.4 is 15.0 Å². The molecule has 3 aromatic heterocycles. The van der Waals surface area contributed by atoms with Crippen molar-refractivity contribution in [1.82, 2.24) is 30.0 Å². The first-order chi connectivity index (χ1) is 15.5. The van der Waals surface area contributed by atoms with E-state index in [2.05, 4.69) is 44.3 Å². The van der Waals surface area contributed by atoms with E-state index in [1.165, 1.54) is 16.8 Å². The van der Waals surface area contributed by atoms with E-state index >= 15 is 0 Å². The third-order valence-corrected chi connectivity index (χ3v) is 7.27. The zero-order chi connectivity index (χ0) is 21.8. The number of fused-ring (bicyclic) bond motifs is 3. The van der Waals surface area contributed by atoms with Gasteiger partial charge in [0.05, 0.1) is 17.3 Å². The molecule has 3 atom stereocenters. The van der Waals surface area contributed by atoms with Crippen LogP contribution in [-0.4, -0.2) is 69.5 Å². The van der Waals surface area contributed by atoms with E-state index < -0.39 is 0 Å². The van der Waals surface area contributed by atoms with Crippen molar-refractivity contribution in [2.45, 2.75) is 44.9 Å². The molecular weight excluding hydrogens is 402 g/mol. The summed E-state index contributed by atoms with van der Waals surface area (Å²) >= 11 is 0. The van der Waals surface area contributed by atoms with Crippen LogP contribution >= 0.6 is 0 Å². The number of hydrogen-bond acceptors (Lipinski definition) is 7. The summed E-state index contributed by atoms with van der Waals surface area (Å²) in [4.78, 5) is 14.4. The first-order valence-electron chi connectivity index (χ1n) is 11.7. The van der Waals surface area contributed by atoms with Gasteiger partial charge in [0.2, 0.25) is 5.88 Å². The largest absolute Gasteiger partial charge is 0.473 e. The minimum absolute atomic E-state index is 0.236. The number of anilines is 1. The van der Waals surface area contributed by atoms with Crippen molar-refractivity contribution in [2.24, 2.45) is 7.05 Å². The molecule has 3 aromatic rings. The Morgan fingerprint density at radius 1 is 1.19 bits per heavy atom. The van der Waals surface area contributed by atoms with Crippen LogP contribution in [0, 0.1) is 6.92 Å². The molecule has 32 heavy (non-hydrogen) atoms. The highest BCUT2D eigenvalue weighted by atomic mass is 16.5. The third-order valence-electron chi connectivity index (χ3n) is 7.27. The molecule has 8 nitrogen and oxygen atoms in total. The van der Waals surface area contributed by atoms with Gasteiger partial charge in [0, 0.05) is 76.7 Å². The maximum Gasteiger partial charge on any atom is 0.213 e. The highest BCUT2D eigenvalue weighted by Crippen LogP contribution is 2.36. The Hall–Kier alpha value is -2.71. The Labute approximate surface area is 188 Å². The molecule has 0 bridgehead atoms. The van der Waals surface area contributed by atoms with E-state index in [4.69, 9.17) is 9.72 Å². The first kappa shape index (κ1) is 19.9. The van der Waals surface area contributed by atoms with Crippen LogP contribution in [0.2, 0.25) is 0 Å². The van der Waals surface area contributed by atoms with Gasteiger partial charge in [0.15, 0.2) is 5.65 Å². The molecule has 2 saturated heterocycles. The Bertz CT molecular complexity index is 1140. The van der Waals surface area contributed by atoms with Crippen LogP contribution in [0.5, 0.6) is 5.88 Å². The molecule has 0 spiro atoms. The molecule has 1 N–H and O–H groups in total. The molecule has 8 heteroatoms. The first-order valence-corrected chi connectivity index (χ1v) is 11.7. The van der Waals surface area contributed by atoms with E-state index in [9.17, 15) is 0 Å². The van der Waals surface area contributed by atoms with Crippen molar-refractivity contribution in [3.8, 4) is 5.88 Å². The van der Waals surface area contributed by atoms with Gasteiger partial charge in [-0.15, -0.1) is 0 Å². The second-order valence-corrected chi connectivity index (χ2v) is 9.62. The number of nitrogens with one attached hydrogen (secondary N) is 1. The molecule has 0 amide bonds. The summed E-state index contributed by atoms with van der Waals surface area (Å²) < 4.78 is 8.21. The fourth-order valence-electron chi connectivity index (χ4n) is 5.67. The molecule has 0 aliphatic carbocycles. The van der Waals surface area contributed by atoms with E-state index in [-0.39, 0.29) is 6.10 Å². The number of aromatic nitrogens is 4. The monoisotopic (exact) mass is 433 g/mol. The SMILES string of the molecule is Cc1cc(N2Cc3cnc(O[C@@H]4C[C@H]5CNCCN5C4)cc3[C@@H](C)C2)c2cnn(C)c2n1. The summed E-state index contributed by atoms with van der Waals surface area (Å²) in [5, 5.41) is 9.03. The minimum atomic E-state index is 0.236. The lowest BCUT2D eigenvalue weighted by Crippen LogP contribution is -2.47. The van der Waals surface area contributed by atoms with Gasteiger partial charge in [-0.3, -0.25) is 9.58 Å². The smallest absolute Gasteiger partial charge is 0.213 e. The number of pyridine rings is 2. The average molecular weight is 434 g/mol. The Kier molecular flexibility index (Phi) is 4.80. The van der Waals surface area contributed by atoms with Crippen molar-refractivity contribution in [1.29, 1.82) is 0 Å². The van der Waals surface area contributed by atoms with Crippen LogP contribution in [0.25, 0.3) is 11.0 Å². The lowest BCUT2D eigenvalue weighted by molar-refractivity contribution is 0.182. The number of nitrogens with zero attached hydrogens (tertiary/aromatic N) is 6. The summed E-state index contributed by atoms with van der Waals surface area (Å²) in [6, 6.07) is 4.97. The van der Waals surface area contributed by atoms with Gasteiger partial charge in [0.1, 0.15) is 6.10 Å². The highest BCUT2D eigenvalue weighted by Gasteiger charge is 2.35. The molecule has 0 aromatic carbocycles. The Morgan fingerprint density at radius 3 is 2.97 bits per heavy atom. The zero-order valence-corrected chi connectivity index (χ0v) is 19.1. The van der Waals surface area contributed by atoms with E-state index in [1.807, 2.05) is 31.0 Å². The van der Waals surface area contributed by atoms with Gasteiger partial charge < -0.3 is 15.0 Å². The number of aryl methyl sites for hydroxylation is 2. The average Bonchev–Trinajstić information content (AvgIpc) is 3.36. The van der Waals surface area contributed by atoms with Gasteiger partial charge in [-0.2, -0.15) is 5.10 Å². The molecule has 0 saturated carbocycles. The highest BCUT2D eigenvalue weighted by molar-refractivity contribution is 5.89. The molecule has 2 fully saturated rings. The van der Waals surface area contributed by atoms with E-state index in [0.717, 1.165) is 68.3 Å².